The summed E-state index contributed by atoms with van der Waals surface area (Å²) in [6.45, 7) is 8.24. The van der Waals surface area contributed by atoms with Crippen molar-refractivity contribution in [2.75, 3.05) is 0 Å². The molecule has 0 N–H and O–H groups in total. The van der Waals surface area contributed by atoms with Crippen LogP contribution in [0, 0.1) is 5.82 Å². The van der Waals surface area contributed by atoms with Gasteiger partial charge in [-0.2, -0.15) is 0 Å². The van der Waals surface area contributed by atoms with Gasteiger partial charge in [-0.05, 0) is 23.5 Å². The molecular formula is C12H16BrF. The average molecular weight is 259 g/mol. The first-order valence-electron chi connectivity index (χ1n) is 4.93. The van der Waals surface area contributed by atoms with Crippen molar-refractivity contribution < 1.29 is 4.39 Å². The number of hydrogen-bond donors (Lipinski definition) is 0. The maximum atomic E-state index is 13.5. The van der Waals surface area contributed by atoms with E-state index in [9.17, 15) is 4.39 Å². The first kappa shape index (κ1) is 11.7. The Morgan fingerprint density at radius 2 is 1.64 bits per heavy atom. The van der Waals surface area contributed by atoms with Crippen LogP contribution in [-0.2, 0) is 0 Å². The molecule has 0 spiro atoms. The highest BCUT2D eigenvalue weighted by molar-refractivity contribution is 9.10. The smallest absolute Gasteiger partial charge is 0.127 e. The Hall–Kier alpha value is -0.370. The van der Waals surface area contributed by atoms with E-state index in [0.717, 1.165) is 10.0 Å². The van der Waals surface area contributed by atoms with Crippen LogP contribution < -0.4 is 0 Å². The van der Waals surface area contributed by atoms with Gasteiger partial charge in [-0.15, -0.1) is 0 Å². The van der Waals surface area contributed by atoms with Gasteiger partial charge in [0, 0.05) is 10.0 Å². The second-order valence-electron chi connectivity index (χ2n) is 4.17. The molecule has 0 heterocycles. The molecule has 0 radical (unpaired) electrons. The molecule has 0 aliphatic carbocycles. The molecule has 1 rings (SSSR count). The van der Waals surface area contributed by atoms with E-state index >= 15 is 0 Å². The van der Waals surface area contributed by atoms with E-state index in [-0.39, 0.29) is 11.7 Å². The Morgan fingerprint density at radius 1 is 1.07 bits per heavy atom. The fourth-order valence-corrected chi connectivity index (χ4v) is 2.80. The highest BCUT2D eigenvalue weighted by atomic mass is 79.9. The fraction of sp³-hybridized carbons (Fsp3) is 0.500. The molecule has 14 heavy (non-hydrogen) atoms. The summed E-state index contributed by atoms with van der Waals surface area (Å²) in [7, 11) is 0. The van der Waals surface area contributed by atoms with Gasteiger partial charge in [0.25, 0.3) is 0 Å². The van der Waals surface area contributed by atoms with Crippen LogP contribution in [0.15, 0.2) is 16.6 Å². The summed E-state index contributed by atoms with van der Waals surface area (Å²) in [6.07, 6.45) is 0. The summed E-state index contributed by atoms with van der Waals surface area (Å²) < 4.78 is 14.4. The van der Waals surface area contributed by atoms with Crippen molar-refractivity contribution in [2.24, 2.45) is 0 Å². The van der Waals surface area contributed by atoms with Gasteiger partial charge in [0.15, 0.2) is 0 Å². The zero-order chi connectivity index (χ0) is 10.9. The quantitative estimate of drug-likeness (QED) is 0.713. The molecule has 0 aliphatic heterocycles. The van der Waals surface area contributed by atoms with E-state index in [2.05, 4.69) is 29.8 Å². The maximum absolute atomic E-state index is 13.5. The van der Waals surface area contributed by atoms with Crippen LogP contribution in [-0.4, -0.2) is 0 Å². The van der Waals surface area contributed by atoms with Crippen molar-refractivity contribution in [1.29, 1.82) is 0 Å². The van der Waals surface area contributed by atoms with Crippen LogP contribution >= 0.6 is 15.9 Å². The molecule has 0 aromatic heterocycles. The van der Waals surface area contributed by atoms with Crippen LogP contribution in [0.5, 0.6) is 0 Å². The molecule has 0 saturated carbocycles. The minimum absolute atomic E-state index is 0.115. The molecule has 0 nitrogen and oxygen atoms in total. The summed E-state index contributed by atoms with van der Waals surface area (Å²) in [5.41, 5.74) is 1.96. The van der Waals surface area contributed by atoms with Crippen LogP contribution in [0.2, 0.25) is 0 Å². The van der Waals surface area contributed by atoms with Gasteiger partial charge >= 0.3 is 0 Å². The molecule has 0 bridgehead atoms. The third kappa shape index (κ3) is 2.17. The monoisotopic (exact) mass is 258 g/mol. The van der Waals surface area contributed by atoms with Gasteiger partial charge in [-0.1, -0.05) is 49.7 Å². The van der Waals surface area contributed by atoms with Gasteiger partial charge in [0.05, 0.1) is 0 Å². The second kappa shape index (κ2) is 4.43. The SMILES string of the molecule is CC(C)c1ccc(F)c(C(C)C)c1Br. The highest BCUT2D eigenvalue weighted by Crippen LogP contribution is 2.33. The largest absolute Gasteiger partial charge is 0.207 e. The number of rotatable bonds is 2. The lowest BCUT2D eigenvalue weighted by Crippen LogP contribution is -1.99. The molecule has 0 saturated heterocycles. The summed E-state index contributed by atoms with van der Waals surface area (Å²) >= 11 is 3.49. The van der Waals surface area contributed by atoms with Crippen LogP contribution in [0.4, 0.5) is 4.39 Å². The van der Waals surface area contributed by atoms with Crippen molar-refractivity contribution in [3.05, 3.63) is 33.5 Å². The van der Waals surface area contributed by atoms with Gasteiger partial charge < -0.3 is 0 Å². The van der Waals surface area contributed by atoms with E-state index in [1.807, 2.05) is 19.9 Å². The molecule has 0 amide bonds. The molecule has 1 aromatic carbocycles. The Labute approximate surface area is 93.7 Å². The zero-order valence-corrected chi connectivity index (χ0v) is 10.7. The minimum Gasteiger partial charge on any atom is -0.207 e. The highest BCUT2D eigenvalue weighted by Gasteiger charge is 2.15. The fourth-order valence-electron chi connectivity index (χ4n) is 1.56. The molecule has 0 unspecified atom stereocenters. The summed E-state index contributed by atoms with van der Waals surface area (Å²) in [4.78, 5) is 0. The Bertz CT molecular complexity index is 329. The van der Waals surface area contributed by atoms with Crippen molar-refractivity contribution in [2.45, 2.75) is 39.5 Å². The minimum atomic E-state index is -0.115. The third-order valence-corrected chi connectivity index (χ3v) is 3.24. The molecule has 0 fully saturated rings. The topological polar surface area (TPSA) is 0 Å². The average Bonchev–Trinajstić information content (AvgIpc) is 2.02. The van der Waals surface area contributed by atoms with Crippen LogP contribution in [0.1, 0.15) is 50.7 Å². The number of benzene rings is 1. The van der Waals surface area contributed by atoms with E-state index in [4.69, 9.17) is 0 Å². The molecule has 0 aliphatic rings. The van der Waals surface area contributed by atoms with Crippen molar-refractivity contribution in [1.82, 2.24) is 0 Å². The van der Waals surface area contributed by atoms with E-state index in [1.54, 1.807) is 6.07 Å². The zero-order valence-electron chi connectivity index (χ0n) is 9.07. The molecule has 2 heteroatoms. The number of halogens is 2. The van der Waals surface area contributed by atoms with Crippen LogP contribution in [0.3, 0.4) is 0 Å². The molecule has 78 valence electrons. The molecule has 1 aromatic rings. The third-order valence-electron chi connectivity index (χ3n) is 2.36. The maximum Gasteiger partial charge on any atom is 0.127 e. The Morgan fingerprint density at radius 3 is 2.07 bits per heavy atom. The molecule has 0 atom stereocenters. The van der Waals surface area contributed by atoms with Gasteiger partial charge in [-0.3, -0.25) is 0 Å². The first-order chi connectivity index (χ1) is 6.45. The lowest BCUT2D eigenvalue weighted by Gasteiger charge is -2.15. The van der Waals surface area contributed by atoms with E-state index in [1.165, 1.54) is 5.56 Å². The van der Waals surface area contributed by atoms with Gasteiger partial charge in [0.1, 0.15) is 5.82 Å². The number of hydrogen-bond acceptors (Lipinski definition) is 0. The van der Waals surface area contributed by atoms with Crippen LogP contribution in [0.25, 0.3) is 0 Å². The molecular weight excluding hydrogens is 243 g/mol. The summed E-state index contributed by atoms with van der Waals surface area (Å²) in [5.74, 6) is 0.516. The lowest BCUT2D eigenvalue weighted by atomic mass is 9.95. The second-order valence-corrected chi connectivity index (χ2v) is 4.97. The predicted octanol–water partition coefficient (Wildman–Crippen LogP) is 4.84. The summed E-state index contributed by atoms with van der Waals surface area (Å²) in [5, 5.41) is 0. The van der Waals surface area contributed by atoms with E-state index < -0.39 is 0 Å². The van der Waals surface area contributed by atoms with Crippen molar-refractivity contribution in [3.8, 4) is 0 Å². The Balaban J connectivity index is 3.34. The van der Waals surface area contributed by atoms with Crippen molar-refractivity contribution >= 4 is 15.9 Å². The van der Waals surface area contributed by atoms with Gasteiger partial charge in [0.2, 0.25) is 0 Å². The normalized spacial score (nSPS) is 11.4. The standard InChI is InChI=1S/C12H16BrF/c1-7(2)9-5-6-10(14)11(8(3)4)12(9)13/h5-8H,1-4H3. The first-order valence-corrected chi connectivity index (χ1v) is 5.72. The lowest BCUT2D eigenvalue weighted by molar-refractivity contribution is 0.594. The van der Waals surface area contributed by atoms with E-state index in [0.29, 0.717) is 5.92 Å². The Kier molecular flexibility index (Phi) is 3.71. The summed E-state index contributed by atoms with van der Waals surface area (Å²) in [6, 6.07) is 3.42. The predicted molar refractivity (Wildman–Crippen MR) is 62.3 cm³/mol. The van der Waals surface area contributed by atoms with Crippen molar-refractivity contribution in [3.63, 3.8) is 0 Å². The van der Waals surface area contributed by atoms with Gasteiger partial charge in [-0.25, -0.2) is 4.39 Å².